The maximum absolute atomic E-state index is 13.5. The molecule has 1 unspecified atom stereocenters. The molecule has 0 saturated heterocycles. The average molecular weight is 503 g/mol. The summed E-state index contributed by atoms with van der Waals surface area (Å²) >= 11 is 1.51. The lowest BCUT2D eigenvalue weighted by Crippen LogP contribution is -2.41. The van der Waals surface area contributed by atoms with Crippen LogP contribution in [-0.2, 0) is 14.8 Å². The van der Waals surface area contributed by atoms with E-state index < -0.39 is 28.5 Å². The summed E-state index contributed by atoms with van der Waals surface area (Å²) < 4.78 is 46.8. The fourth-order valence-electron chi connectivity index (χ4n) is 3.32. The number of nitrogens with zero attached hydrogens (tertiary/aromatic N) is 1. The van der Waals surface area contributed by atoms with Crippen LogP contribution >= 0.6 is 11.8 Å². The number of halogens is 1. The van der Waals surface area contributed by atoms with Crippen molar-refractivity contribution >= 4 is 33.4 Å². The number of benzene rings is 3. The summed E-state index contributed by atoms with van der Waals surface area (Å²) in [7, 11) is -4.03. The predicted molar refractivity (Wildman–Crippen MR) is 133 cm³/mol. The van der Waals surface area contributed by atoms with Crippen LogP contribution in [0.1, 0.15) is 25.5 Å². The highest BCUT2D eigenvalue weighted by Gasteiger charge is 2.28. The zero-order chi connectivity index (χ0) is 24.7. The van der Waals surface area contributed by atoms with Gasteiger partial charge in [-0.2, -0.15) is 0 Å². The van der Waals surface area contributed by atoms with Crippen LogP contribution in [0, 0.1) is 5.82 Å². The Hall–Kier alpha value is -3.04. The van der Waals surface area contributed by atoms with Crippen molar-refractivity contribution in [3.63, 3.8) is 0 Å². The molecule has 0 bridgehead atoms. The van der Waals surface area contributed by atoms with Gasteiger partial charge in [-0.25, -0.2) is 12.8 Å². The van der Waals surface area contributed by atoms with E-state index >= 15 is 0 Å². The van der Waals surface area contributed by atoms with Crippen molar-refractivity contribution in [2.24, 2.45) is 0 Å². The second-order valence-electron chi connectivity index (χ2n) is 7.45. The standard InChI is InChI=1S/C25H27FN2O4S2/c1-4-32-22-11-9-21(10-12-22)28(34(30,31)24-15-13-23(33-3)14-16-24)17-25(29)27-18(2)19-5-7-20(26)8-6-19/h5-16,18H,4,17H2,1-3H3,(H,27,29). The van der Waals surface area contributed by atoms with Gasteiger partial charge in [-0.1, -0.05) is 12.1 Å². The van der Waals surface area contributed by atoms with E-state index in [2.05, 4.69) is 5.32 Å². The van der Waals surface area contributed by atoms with Crippen LogP contribution in [0.4, 0.5) is 10.1 Å². The quantitative estimate of drug-likeness (QED) is 0.394. The van der Waals surface area contributed by atoms with E-state index in [0.29, 0.717) is 23.6 Å². The normalized spacial score (nSPS) is 12.1. The van der Waals surface area contributed by atoms with Gasteiger partial charge in [0.25, 0.3) is 10.0 Å². The molecule has 0 spiro atoms. The summed E-state index contributed by atoms with van der Waals surface area (Å²) in [5.74, 6) is -0.264. The number of thioether (sulfide) groups is 1. The number of anilines is 1. The van der Waals surface area contributed by atoms with Crippen molar-refractivity contribution in [3.8, 4) is 5.75 Å². The molecule has 0 aromatic heterocycles. The molecule has 0 aliphatic carbocycles. The summed E-state index contributed by atoms with van der Waals surface area (Å²) in [6.45, 7) is 3.66. The van der Waals surface area contributed by atoms with Gasteiger partial charge in [0, 0.05) is 4.90 Å². The molecule has 0 fully saturated rings. The molecule has 6 nitrogen and oxygen atoms in total. The van der Waals surface area contributed by atoms with E-state index in [1.165, 1.54) is 36.0 Å². The maximum atomic E-state index is 13.5. The van der Waals surface area contributed by atoms with Crippen molar-refractivity contribution in [3.05, 3.63) is 84.2 Å². The molecule has 0 aliphatic heterocycles. The molecule has 0 saturated carbocycles. The summed E-state index contributed by atoms with van der Waals surface area (Å²) in [6.07, 6.45) is 1.91. The van der Waals surface area contributed by atoms with Crippen molar-refractivity contribution in [1.29, 1.82) is 0 Å². The minimum Gasteiger partial charge on any atom is -0.494 e. The first-order valence-electron chi connectivity index (χ1n) is 10.7. The summed E-state index contributed by atoms with van der Waals surface area (Å²) in [5.41, 5.74) is 1.04. The Labute approximate surface area is 204 Å². The maximum Gasteiger partial charge on any atom is 0.264 e. The van der Waals surface area contributed by atoms with E-state index in [1.807, 2.05) is 13.2 Å². The van der Waals surface area contributed by atoms with Crippen LogP contribution in [0.3, 0.4) is 0 Å². The van der Waals surface area contributed by atoms with Gasteiger partial charge in [-0.3, -0.25) is 9.10 Å². The number of carbonyl (C=O) groups excluding carboxylic acids is 1. The molecule has 0 heterocycles. The highest BCUT2D eigenvalue weighted by Crippen LogP contribution is 2.27. The minimum absolute atomic E-state index is 0.0820. The van der Waals surface area contributed by atoms with Gasteiger partial charge in [-0.15, -0.1) is 11.8 Å². The first-order valence-corrected chi connectivity index (χ1v) is 13.4. The van der Waals surface area contributed by atoms with Crippen molar-refractivity contribution in [2.75, 3.05) is 23.7 Å². The van der Waals surface area contributed by atoms with Crippen molar-refractivity contribution in [1.82, 2.24) is 5.32 Å². The smallest absolute Gasteiger partial charge is 0.264 e. The molecule has 34 heavy (non-hydrogen) atoms. The molecule has 3 aromatic rings. The monoisotopic (exact) mass is 502 g/mol. The van der Waals surface area contributed by atoms with Gasteiger partial charge in [0.05, 0.1) is 23.2 Å². The molecule has 9 heteroatoms. The largest absolute Gasteiger partial charge is 0.494 e. The van der Waals surface area contributed by atoms with E-state index in [1.54, 1.807) is 55.5 Å². The van der Waals surface area contributed by atoms with Gasteiger partial charge in [0.1, 0.15) is 18.1 Å². The van der Waals surface area contributed by atoms with Gasteiger partial charge in [0.15, 0.2) is 0 Å². The molecule has 1 atom stereocenters. The third-order valence-corrected chi connectivity index (χ3v) is 7.65. The summed E-state index contributed by atoms with van der Waals surface area (Å²) in [6, 6.07) is 18.4. The number of hydrogen-bond donors (Lipinski definition) is 1. The third-order valence-electron chi connectivity index (χ3n) is 5.12. The highest BCUT2D eigenvalue weighted by molar-refractivity contribution is 7.98. The lowest BCUT2D eigenvalue weighted by Gasteiger charge is -2.25. The molecule has 0 radical (unpaired) electrons. The van der Waals surface area contributed by atoms with Crippen LogP contribution in [-0.4, -0.2) is 33.7 Å². The first-order chi connectivity index (χ1) is 16.2. The molecule has 3 aromatic carbocycles. The van der Waals surface area contributed by atoms with E-state index in [0.717, 1.165) is 9.20 Å². The topological polar surface area (TPSA) is 75.7 Å². The lowest BCUT2D eigenvalue weighted by atomic mass is 10.1. The molecule has 1 amide bonds. The molecule has 180 valence electrons. The van der Waals surface area contributed by atoms with Gasteiger partial charge < -0.3 is 10.1 Å². The van der Waals surface area contributed by atoms with E-state index in [9.17, 15) is 17.6 Å². The van der Waals surface area contributed by atoms with E-state index in [4.69, 9.17) is 4.74 Å². The zero-order valence-electron chi connectivity index (χ0n) is 19.2. The lowest BCUT2D eigenvalue weighted by molar-refractivity contribution is -0.120. The Morgan fingerprint density at radius 2 is 1.65 bits per heavy atom. The number of nitrogens with one attached hydrogen (secondary N) is 1. The van der Waals surface area contributed by atoms with Gasteiger partial charge >= 0.3 is 0 Å². The number of carbonyl (C=O) groups is 1. The highest BCUT2D eigenvalue weighted by atomic mass is 32.2. The fourth-order valence-corrected chi connectivity index (χ4v) is 5.15. The molecular formula is C25H27FN2O4S2. The Morgan fingerprint density at radius 3 is 2.21 bits per heavy atom. The number of hydrogen-bond acceptors (Lipinski definition) is 5. The predicted octanol–water partition coefficient (Wildman–Crippen LogP) is 5.02. The first kappa shape index (κ1) is 25.6. The minimum atomic E-state index is -4.03. The van der Waals surface area contributed by atoms with Crippen molar-refractivity contribution < 1.29 is 22.3 Å². The molecule has 1 N–H and O–H groups in total. The number of sulfonamides is 1. The van der Waals surface area contributed by atoms with Crippen LogP contribution in [0.5, 0.6) is 5.75 Å². The summed E-state index contributed by atoms with van der Waals surface area (Å²) in [4.78, 5) is 13.9. The Balaban J connectivity index is 1.88. The second-order valence-corrected chi connectivity index (χ2v) is 10.2. The fraction of sp³-hybridized carbons (Fsp3) is 0.240. The summed E-state index contributed by atoms with van der Waals surface area (Å²) in [5, 5.41) is 2.79. The number of ether oxygens (including phenoxy) is 1. The van der Waals surface area contributed by atoms with Crippen LogP contribution in [0.2, 0.25) is 0 Å². The third kappa shape index (κ3) is 6.30. The van der Waals surface area contributed by atoms with Crippen LogP contribution in [0.25, 0.3) is 0 Å². The molecule has 0 aliphatic rings. The zero-order valence-corrected chi connectivity index (χ0v) is 20.8. The molecule has 3 rings (SSSR count). The Morgan fingerprint density at radius 1 is 1.03 bits per heavy atom. The van der Waals surface area contributed by atoms with E-state index in [-0.39, 0.29) is 10.7 Å². The van der Waals surface area contributed by atoms with Crippen LogP contribution < -0.4 is 14.4 Å². The SMILES string of the molecule is CCOc1ccc(N(CC(=O)NC(C)c2ccc(F)cc2)S(=O)(=O)c2ccc(SC)cc2)cc1. The molecular weight excluding hydrogens is 475 g/mol. The average Bonchev–Trinajstić information content (AvgIpc) is 2.83. The second kappa shape index (κ2) is 11.4. The van der Waals surface area contributed by atoms with Gasteiger partial charge in [-0.05, 0) is 86.3 Å². The Bertz CT molecular complexity index is 1200. The van der Waals surface area contributed by atoms with Gasteiger partial charge in [0.2, 0.25) is 5.91 Å². The van der Waals surface area contributed by atoms with Crippen molar-refractivity contribution in [2.45, 2.75) is 29.7 Å². The number of rotatable bonds is 10. The Kier molecular flexibility index (Phi) is 8.57. The number of amides is 1. The van der Waals surface area contributed by atoms with Crippen LogP contribution in [0.15, 0.2) is 82.6 Å².